The second-order valence-corrected chi connectivity index (χ2v) is 7.18. The maximum Gasteiger partial charge on any atom is 0.0981 e. The molecule has 0 aromatic carbocycles. The minimum atomic E-state index is -0.240. The second-order valence-electron chi connectivity index (χ2n) is 6.10. The smallest absolute Gasteiger partial charge is 0.0981 e. The van der Waals surface area contributed by atoms with Gasteiger partial charge in [0, 0.05) is 5.92 Å². The Labute approximate surface area is 131 Å². The molecule has 0 spiro atoms. The molecular formula is C16H24N4S. The lowest BCUT2D eigenvalue weighted by Gasteiger charge is -2.25. The highest BCUT2D eigenvalue weighted by molar-refractivity contribution is 8.06. The predicted molar refractivity (Wildman–Crippen MR) is 87.2 cm³/mol. The van der Waals surface area contributed by atoms with Crippen molar-refractivity contribution in [3.8, 4) is 12.1 Å². The summed E-state index contributed by atoms with van der Waals surface area (Å²) in [7, 11) is 0. The Hall–Kier alpha value is -1.59. The van der Waals surface area contributed by atoms with Crippen LogP contribution in [0.4, 0.5) is 0 Å². The molecule has 0 amide bonds. The molecule has 1 aliphatic rings. The minimum absolute atomic E-state index is 0.240. The Bertz CT molecular complexity index is 483. The first-order valence-corrected chi connectivity index (χ1v) is 8.19. The molecule has 0 fully saturated rings. The summed E-state index contributed by atoms with van der Waals surface area (Å²) < 4.78 is 0. The molecule has 0 aromatic heterocycles. The quantitative estimate of drug-likeness (QED) is 0.781. The molecule has 0 radical (unpaired) electrons. The molecule has 5 heteroatoms. The van der Waals surface area contributed by atoms with Gasteiger partial charge < -0.3 is 11.5 Å². The molecule has 0 aliphatic carbocycles. The molecule has 4 nitrogen and oxygen atoms in total. The zero-order chi connectivity index (χ0) is 16.0. The summed E-state index contributed by atoms with van der Waals surface area (Å²) in [6, 6.07) is 4.32. The molecule has 0 saturated heterocycles. The van der Waals surface area contributed by atoms with Crippen molar-refractivity contribution in [3.63, 3.8) is 0 Å². The molecule has 0 saturated carbocycles. The van der Waals surface area contributed by atoms with E-state index in [4.69, 9.17) is 11.5 Å². The van der Waals surface area contributed by atoms with E-state index in [9.17, 15) is 10.5 Å². The molecule has 0 aromatic rings. The SMILES string of the molecule is CC(C)CCC[C@H](C)CC1C(C#N)=C(N)SC(N)=C1C#N. The highest BCUT2D eigenvalue weighted by Crippen LogP contribution is 2.40. The Morgan fingerprint density at radius 3 is 2.00 bits per heavy atom. The van der Waals surface area contributed by atoms with Crippen molar-refractivity contribution in [2.75, 3.05) is 0 Å². The van der Waals surface area contributed by atoms with E-state index in [0.29, 0.717) is 33.0 Å². The molecule has 1 aliphatic heterocycles. The summed E-state index contributed by atoms with van der Waals surface area (Å²) >= 11 is 1.13. The van der Waals surface area contributed by atoms with Crippen molar-refractivity contribution in [1.29, 1.82) is 10.5 Å². The molecule has 0 unspecified atom stereocenters. The lowest BCUT2D eigenvalue weighted by atomic mass is 9.83. The maximum absolute atomic E-state index is 9.32. The van der Waals surface area contributed by atoms with Gasteiger partial charge in [0.1, 0.15) is 0 Å². The van der Waals surface area contributed by atoms with E-state index in [1.54, 1.807) is 0 Å². The van der Waals surface area contributed by atoms with Gasteiger partial charge in [-0.3, -0.25) is 0 Å². The first-order chi connectivity index (χ1) is 9.90. The fourth-order valence-electron chi connectivity index (χ4n) is 2.61. The fraction of sp³-hybridized carbons (Fsp3) is 0.625. The fourth-order valence-corrected chi connectivity index (χ4v) is 3.45. The van der Waals surface area contributed by atoms with E-state index >= 15 is 0 Å². The summed E-state index contributed by atoms with van der Waals surface area (Å²) in [4.78, 5) is 0. The number of allylic oxidation sites excluding steroid dienone is 2. The molecule has 114 valence electrons. The first-order valence-electron chi connectivity index (χ1n) is 7.38. The normalized spacial score (nSPS) is 17.8. The van der Waals surface area contributed by atoms with Gasteiger partial charge in [-0.05, 0) is 18.3 Å². The van der Waals surface area contributed by atoms with Crippen molar-refractivity contribution in [3.05, 3.63) is 21.2 Å². The molecule has 1 atom stereocenters. The van der Waals surface area contributed by atoms with Gasteiger partial charge in [-0.25, -0.2) is 0 Å². The monoisotopic (exact) mass is 304 g/mol. The van der Waals surface area contributed by atoms with Crippen LogP contribution in [0.5, 0.6) is 0 Å². The van der Waals surface area contributed by atoms with E-state index in [0.717, 1.165) is 24.6 Å². The van der Waals surface area contributed by atoms with Crippen LogP contribution < -0.4 is 11.5 Å². The summed E-state index contributed by atoms with van der Waals surface area (Å²) in [6.45, 7) is 6.60. The van der Waals surface area contributed by atoms with Crippen molar-refractivity contribution < 1.29 is 0 Å². The van der Waals surface area contributed by atoms with E-state index in [2.05, 4.69) is 32.9 Å². The van der Waals surface area contributed by atoms with Crippen molar-refractivity contribution in [2.24, 2.45) is 29.2 Å². The largest absolute Gasteiger partial charge is 0.392 e. The van der Waals surface area contributed by atoms with Crippen LogP contribution in [-0.4, -0.2) is 0 Å². The molecular weight excluding hydrogens is 280 g/mol. The Kier molecular flexibility index (Phi) is 6.65. The molecule has 21 heavy (non-hydrogen) atoms. The topological polar surface area (TPSA) is 99.6 Å². The number of nitrogens with two attached hydrogens (primary N) is 2. The van der Waals surface area contributed by atoms with E-state index in [1.807, 2.05) is 0 Å². The van der Waals surface area contributed by atoms with E-state index in [-0.39, 0.29) is 5.92 Å². The number of rotatable bonds is 6. The van der Waals surface area contributed by atoms with Crippen molar-refractivity contribution in [2.45, 2.75) is 46.5 Å². The third kappa shape index (κ3) is 4.72. The highest BCUT2D eigenvalue weighted by Gasteiger charge is 2.30. The summed E-state index contributed by atoms with van der Waals surface area (Å²) in [6.07, 6.45) is 4.23. The number of thioether (sulfide) groups is 1. The van der Waals surface area contributed by atoms with E-state index < -0.39 is 0 Å². The summed E-state index contributed by atoms with van der Waals surface area (Å²) in [5.41, 5.74) is 12.8. The zero-order valence-corrected chi connectivity index (χ0v) is 13.8. The Balaban J connectivity index is 2.79. The number of hydrogen-bond donors (Lipinski definition) is 2. The maximum atomic E-state index is 9.32. The molecule has 1 rings (SSSR count). The first kappa shape index (κ1) is 17.5. The van der Waals surface area contributed by atoms with Crippen LogP contribution >= 0.6 is 11.8 Å². The third-order valence-corrected chi connectivity index (χ3v) is 4.68. The number of nitriles is 2. The van der Waals surface area contributed by atoms with Crippen molar-refractivity contribution >= 4 is 11.8 Å². The van der Waals surface area contributed by atoms with Gasteiger partial charge in [-0.2, -0.15) is 10.5 Å². The van der Waals surface area contributed by atoms with E-state index in [1.165, 1.54) is 12.8 Å². The van der Waals surface area contributed by atoms with Gasteiger partial charge in [-0.1, -0.05) is 51.8 Å². The van der Waals surface area contributed by atoms with Crippen LogP contribution in [0, 0.1) is 40.4 Å². The Morgan fingerprint density at radius 1 is 1.05 bits per heavy atom. The van der Waals surface area contributed by atoms with Gasteiger partial charge in [-0.15, -0.1) is 0 Å². The zero-order valence-electron chi connectivity index (χ0n) is 13.0. The van der Waals surface area contributed by atoms with Crippen LogP contribution in [0.15, 0.2) is 21.2 Å². The van der Waals surface area contributed by atoms with Crippen LogP contribution in [0.25, 0.3) is 0 Å². The molecule has 0 bridgehead atoms. The summed E-state index contributed by atoms with van der Waals surface area (Å²) in [5.74, 6) is 0.901. The second kappa shape index (κ2) is 8.00. The third-order valence-electron chi connectivity index (χ3n) is 3.81. The predicted octanol–water partition coefficient (Wildman–Crippen LogP) is 3.59. The lowest BCUT2D eigenvalue weighted by molar-refractivity contribution is 0.408. The van der Waals surface area contributed by atoms with Crippen LogP contribution in [0.1, 0.15) is 46.5 Å². The van der Waals surface area contributed by atoms with Crippen molar-refractivity contribution in [1.82, 2.24) is 0 Å². The Morgan fingerprint density at radius 2 is 1.57 bits per heavy atom. The lowest BCUT2D eigenvalue weighted by Crippen LogP contribution is -2.21. The van der Waals surface area contributed by atoms with Gasteiger partial charge in [0.15, 0.2) is 0 Å². The molecule has 1 heterocycles. The average molecular weight is 304 g/mol. The van der Waals surface area contributed by atoms with Crippen LogP contribution in [0.2, 0.25) is 0 Å². The summed E-state index contributed by atoms with van der Waals surface area (Å²) in [5, 5.41) is 19.5. The number of nitrogens with zero attached hydrogens (tertiary/aromatic N) is 2. The molecule has 4 N–H and O–H groups in total. The van der Waals surface area contributed by atoms with Gasteiger partial charge >= 0.3 is 0 Å². The average Bonchev–Trinajstić information content (AvgIpc) is 2.38. The number of hydrogen-bond acceptors (Lipinski definition) is 5. The minimum Gasteiger partial charge on any atom is -0.392 e. The van der Waals surface area contributed by atoms with Gasteiger partial charge in [0.2, 0.25) is 0 Å². The van der Waals surface area contributed by atoms with Crippen LogP contribution in [0.3, 0.4) is 0 Å². The van der Waals surface area contributed by atoms with Crippen LogP contribution in [-0.2, 0) is 0 Å². The highest BCUT2D eigenvalue weighted by atomic mass is 32.2. The van der Waals surface area contributed by atoms with Gasteiger partial charge in [0.05, 0.1) is 33.3 Å². The standard InChI is InChI=1S/C16H24N4S/c1-10(2)5-4-6-11(3)7-12-13(8-17)15(19)21-16(20)14(12)9-18/h10-12H,4-7,19-20H2,1-3H3/t11-/m0/s1. The van der Waals surface area contributed by atoms with Gasteiger partial charge in [0.25, 0.3) is 0 Å².